The number of hydrogen-bond donors (Lipinski definition) is 1. The van der Waals surface area contributed by atoms with Crippen molar-refractivity contribution in [2.24, 2.45) is 0 Å². The van der Waals surface area contributed by atoms with Crippen molar-refractivity contribution >= 4 is 29.1 Å². The molecule has 0 spiro atoms. The largest absolute Gasteiger partial charge is 0.490 e. The van der Waals surface area contributed by atoms with Crippen LogP contribution in [0.15, 0.2) is 22.6 Å². The van der Waals surface area contributed by atoms with Gasteiger partial charge in [0, 0.05) is 44.7 Å². The lowest BCUT2D eigenvalue weighted by atomic mass is 10.2. The van der Waals surface area contributed by atoms with E-state index in [0.717, 1.165) is 12.2 Å². The molecule has 1 aromatic heterocycles. The molecule has 0 saturated carbocycles. The van der Waals surface area contributed by atoms with Crippen LogP contribution in [0.4, 0.5) is 5.69 Å². The molecule has 2 amide bonds. The van der Waals surface area contributed by atoms with Gasteiger partial charge in [-0.15, -0.1) is 0 Å². The highest BCUT2D eigenvalue weighted by molar-refractivity contribution is 6.34. The summed E-state index contributed by atoms with van der Waals surface area (Å²) in [5.74, 6) is 2.33. The van der Waals surface area contributed by atoms with E-state index < -0.39 is 0 Å². The van der Waals surface area contributed by atoms with Crippen molar-refractivity contribution in [2.75, 3.05) is 51.3 Å². The van der Waals surface area contributed by atoms with Gasteiger partial charge in [0.2, 0.25) is 5.91 Å². The summed E-state index contributed by atoms with van der Waals surface area (Å²) in [6.45, 7) is 7.32. The van der Waals surface area contributed by atoms with Gasteiger partial charge in [-0.05, 0) is 19.9 Å². The minimum Gasteiger partial charge on any atom is -0.490 e. The molecule has 0 radical (unpaired) electrons. The van der Waals surface area contributed by atoms with E-state index in [1.807, 2.05) is 11.8 Å². The molecule has 1 N–H and O–H groups in total. The topological polar surface area (TPSA) is 84.3 Å². The van der Waals surface area contributed by atoms with E-state index in [1.54, 1.807) is 30.0 Å². The number of anilines is 1. The van der Waals surface area contributed by atoms with Gasteiger partial charge in [0.05, 0.1) is 36.0 Å². The van der Waals surface area contributed by atoms with Crippen LogP contribution < -0.4 is 14.8 Å². The molecule has 166 valence electrons. The quantitative estimate of drug-likeness (QED) is 0.775. The second kappa shape index (κ2) is 9.20. The predicted molar refractivity (Wildman–Crippen MR) is 116 cm³/mol. The number of ether oxygens (including phenoxy) is 2. The van der Waals surface area contributed by atoms with Gasteiger partial charge in [0.25, 0.3) is 5.91 Å². The number of nitrogens with zero attached hydrogens (tertiary/aromatic N) is 2. The molecule has 0 atom stereocenters. The predicted octanol–water partition coefficient (Wildman–Crippen LogP) is 3.11. The van der Waals surface area contributed by atoms with Crippen molar-refractivity contribution in [3.63, 3.8) is 0 Å². The van der Waals surface area contributed by atoms with Crippen LogP contribution in [0.1, 0.15) is 28.3 Å². The summed E-state index contributed by atoms with van der Waals surface area (Å²) in [4.78, 5) is 29.1. The SMILES string of the molecule is Cc1cc(C(=O)N2CCN(CC(=O)Nc3cc4c(cc3Cl)OCCCO4)CC2)c(C)o1. The van der Waals surface area contributed by atoms with E-state index >= 15 is 0 Å². The summed E-state index contributed by atoms with van der Waals surface area (Å²) < 4.78 is 16.7. The maximum Gasteiger partial charge on any atom is 0.257 e. The third-order valence-electron chi connectivity index (χ3n) is 5.41. The van der Waals surface area contributed by atoms with Crippen molar-refractivity contribution in [1.82, 2.24) is 9.80 Å². The van der Waals surface area contributed by atoms with Gasteiger partial charge in [0.1, 0.15) is 11.5 Å². The molecule has 0 aliphatic carbocycles. The second-order valence-electron chi connectivity index (χ2n) is 7.77. The summed E-state index contributed by atoms with van der Waals surface area (Å²) in [6.07, 6.45) is 0.794. The number of benzene rings is 1. The highest BCUT2D eigenvalue weighted by atomic mass is 35.5. The molecule has 1 fully saturated rings. The summed E-state index contributed by atoms with van der Waals surface area (Å²) >= 11 is 6.31. The Kier molecular flexibility index (Phi) is 6.38. The third-order valence-corrected chi connectivity index (χ3v) is 5.72. The minimum absolute atomic E-state index is 0.0302. The number of hydrogen-bond acceptors (Lipinski definition) is 6. The van der Waals surface area contributed by atoms with E-state index in [-0.39, 0.29) is 18.4 Å². The van der Waals surface area contributed by atoms with Crippen LogP contribution in [0, 0.1) is 13.8 Å². The zero-order valence-corrected chi connectivity index (χ0v) is 18.5. The van der Waals surface area contributed by atoms with E-state index in [4.69, 9.17) is 25.5 Å². The average molecular weight is 448 g/mol. The maximum absolute atomic E-state index is 12.7. The lowest BCUT2D eigenvalue weighted by Gasteiger charge is -2.34. The molecule has 2 aliphatic heterocycles. The number of aryl methyl sites for hydroxylation is 2. The van der Waals surface area contributed by atoms with Crippen molar-refractivity contribution in [1.29, 1.82) is 0 Å². The van der Waals surface area contributed by atoms with E-state index in [1.165, 1.54) is 0 Å². The van der Waals surface area contributed by atoms with Gasteiger partial charge in [0.15, 0.2) is 11.5 Å². The van der Waals surface area contributed by atoms with Crippen LogP contribution in [-0.2, 0) is 4.79 Å². The second-order valence-corrected chi connectivity index (χ2v) is 8.18. The van der Waals surface area contributed by atoms with E-state index in [2.05, 4.69) is 5.32 Å². The number of furan rings is 1. The Balaban J connectivity index is 1.31. The molecule has 0 unspecified atom stereocenters. The number of fused-ring (bicyclic) bond motifs is 1. The zero-order valence-electron chi connectivity index (χ0n) is 17.7. The lowest BCUT2D eigenvalue weighted by molar-refractivity contribution is -0.117. The highest BCUT2D eigenvalue weighted by Gasteiger charge is 2.26. The van der Waals surface area contributed by atoms with Gasteiger partial charge in [-0.2, -0.15) is 0 Å². The molecule has 1 saturated heterocycles. The smallest absolute Gasteiger partial charge is 0.257 e. The van der Waals surface area contributed by atoms with Crippen LogP contribution >= 0.6 is 11.6 Å². The molecule has 31 heavy (non-hydrogen) atoms. The van der Waals surface area contributed by atoms with Crippen LogP contribution in [0.2, 0.25) is 5.02 Å². The molecule has 4 rings (SSSR count). The van der Waals surface area contributed by atoms with Crippen LogP contribution in [0.25, 0.3) is 0 Å². The van der Waals surface area contributed by atoms with Crippen molar-refractivity contribution in [3.8, 4) is 11.5 Å². The molecule has 9 heteroatoms. The van der Waals surface area contributed by atoms with E-state index in [9.17, 15) is 9.59 Å². The number of carbonyl (C=O) groups is 2. The first-order valence-electron chi connectivity index (χ1n) is 10.4. The standard InChI is InChI=1S/C22H26ClN3O5/c1-14-10-16(15(2)31-14)22(28)26-6-4-25(5-7-26)13-21(27)24-18-12-20-19(11-17(18)23)29-8-3-9-30-20/h10-12H,3-9,13H2,1-2H3,(H,24,27). The zero-order chi connectivity index (χ0) is 22.0. The first-order chi connectivity index (χ1) is 14.9. The molecule has 8 nitrogen and oxygen atoms in total. The van der Waals surface area contributed by atoms with Gasteiger partial charge < -0.3 is 24.1 Å². The first kappa shape index (κ1) is 21.5. The highest BCUT2D eigenvalue weighted by Crippen LogP contribution is 2.37. The van der Waals surface area contributed by atoms with Crippen LogP contribution in [0.3, 0.4) is 0 Å². The fraction of sp³-hybridized carbons (Fsp3) is 0.455. The number of halogens is 1. The number of carbonyl (C=O) groups excluding carboxylic acids is 2. The van der Waals surface area contributed by atoms with Gasteiger partial charge in [-0.25, -0.2) is 0 Å². The molecule has 0 bridgehead atoms. The molecule has 2 aromatic rings. The summed E-state index contributed by atoms with van der Waals surface area (Å²) in [5.41, 5.74) is 1.10. The Morgan fingerprint density at radius 2 is 1.71 bits per heavy atom. The van der Waals surface area contributed by atoms with Crippen molar-refractivity contribution < 1.29 is 23.5 Å². The normalized spacial score (nSPS) is 16.7. The third kappa shape index (κ3) is 4.97. The van der Waals surface area contributed by atoms with Gasteiger partial charge in [-0.1, -0.05) is 11.6 Å². The Morgan fingerprint density at radius 1 is 1.03 bits per heavy atom. The first-order valence-corrected chi connectivity index (χ1v) is 10.8. The average Bonchev–Trinajstić information content (AvgIpc) is 2.93. The number of nitrogens with one attached hydrogen (secondary N) is 1. The fourth-order valence-electron chi connectivity index (χ4n) is 3.80. The Morgan fingerprint density at radius 3 is 2.35 bits per heavy atom. The summed E-state index contributed by atoms with van der Waals surface area (Å²) in [7, 11) is 0. The lowest BCUT2D eigenvalue weighted by Crippen LogP contribution is -2.50. The molecule has 3 heterocycles. The number of rotatable bonds is 4. The summed E-state index contributed by atoms with van der Waals surface area (Å²) in [5, 5.41) is 3.26. The molecule has 1 aromatic carbocycles. The van der Waals surface area contributed by atoms with Crippen LogP contribution in [0.5, 0.6) is 11.5 Å². The summed E-state index contributed by atoms with van der Waals surface area (Å²) in [6, 6.07) is 5.14. The fourth-order valence-corrected chi connectivity index (χ4v) is 4.00. The number of amides is 2. The van der Waals surface area contributed by atoms with Crippen LogP contribution in [-0.4, -0.2) is 67.6 Å². The maximum atomic E-state index is 12.7. The monoisotopic (exact) mass is 447 g/mol. The van der Waals surface area contributed by atoms with E-state index in [0.29, 0.717) is 72.9 Å². The Labute approximate surface area is 186 Å². The molecule has 2 aliphatic rings. The Bertz CT molecular complexity index is 982. The van der Waals surface area contributed by atoms with Crippen molar-refractivity contribution in [3.05, 3.63) is 40.3 Å². The minimum atomic E-state index is -0.169. The van der Waals surface area contributed by atoms with Crippen molar-refractivity contribution in [2.45, 2.75) is 20.3 Å². The van der Waals surface area contributed by atoms with Gasteiger partial charge >= 0.3 is 0 Å². The number of piperazine rings is 1. The molecular formula is C22H26ClN3O5. The molecular weight excluding hydrogens is 422 g/mol. The van der Waals surface area contributed by atoms with Gasteiger partial charge in [-0.3, -0.25) is 14.5 Å². The Hall–Kier alpha value is -2.71.